The van der Waals surface area contributed by atoms with Crippen LogP contribution in [0.5, 0.6) is 0 Å². The van der Waals surface area contributed by atoms with Gasteiger partial charge in [-0.1, -0.05) is 0 Å². The van der Waals surface area contributed by atoms with E-state index in [9.17, 15) is 18.0 Å². The number of carbonyl (C=O) groups is 1. The molecule has 20 heavy (non-hydrogen) atoms. The van der Waals surface area contributed by atoms with E-state index in [2.05, 4.69) is 4.74 Å². The lowest BCUT2D eigenvalue weighted by molar-refractivity contribution is -0.158. The van der Waals surface area contributed by atoms with Gasteiger partial charge < -0.3 is 9.64 Å². The minimum Gasteiger partial charge on any atom is -0.322 e. The van der Waals surface area contributed by atoms with Crippen LogP contribution in [0, 0.1) is 5.82 Å². The fraction of sp³-hybridized carbons (Fsp3) is 0.462. The molecule has 1 aromatic rings. The van der Waals surface area contributed by atoms with Crippen LogP contribution in [0.15, 0.2) is 24.3 Å². The zero-order chi connectivity index (χ0) is 14.7. The van der Waals surface area contributed by atoms with E-state index in [4.69, 9.17) is 0 Å². The topological polar surface area (TPSA) is 32.8 Å². The van der Waals surface area contributed by atoms with Crippen LogP contribution in [0.1, 0.15) is 6.42 Å². The molecule has 2 rings (SSSR count). The average Bonchev–Trinajstić information content (AvgIpc) is 2.85. The number of amides is 2. The van der Waals surface area contributed by atoms with Crippen molar-refractivity contribution in [3.05, 3.63) is 30.1 Å². The molecule has 0 spiro atoms. The predicted molar refractivity (Wildman–Crippen MR) is 67.3 cm³/mol. The Labute approximate surface area is 114 Å². The van der Waals surface area contributed by atoms with Gasteiger partial charge in [0.25, 0.3) is 0 Å². The Morgan fingerprint density at radius 2 is 2.05 bits per heavy atom. The molecule has 1 heterocycles. The molecule has 0 N–H and O–H groups in total. The number of anilines is 1. The van der Waals surface area contributed by atoms with E-state index < -0.39 is 12.7 Å². The molecule has 1 fully saturated rings. The molecule has 1 saturated heterocycles. The number of nitrogens with zero attached hydrogens (tertiary/aromatic N) is 2. The summed E-state index contributed by atoms with van der Waals surface area (Å²) in [4.78, 5) is 15.0. The molecule has 0 bridgehead atoms. The van der Waals surface area contributed by atoms with Gasteiger partial charge >= 0.3 is 12.6 Å². The SMILES string of the molecule is CN(C(=O)N1CC[C@H](OC(F)F)C1)c1ccc(F)cc1. The summed E-state index contributed by atoms with van der Waals surface area (Å²) in [7, 11) is 1.55. The quantitative estimate of drug-likeness (QED) is 0.856. The van der Waals surface area contributed by atoms with Crippen LogP contribution in [0.3, 0.4) is 0 Å². The van der Waals surface area contributed by atoms with Gasteiger partial charge in [0.1, 0.15) is 5.82 Å². The molecule has 0 unspecified atom stereocenters. The van der Waals surface area contributed by atoms with E-state index in [0.29, 0.717) is 18.7 Å². The van der Waals surface area contributed by atoms with E-state index >= 15 is 0 Å². The molecule has 4 nitrogen and oxygen atoms in total. The number of halogens is 3. The van der Waals surface area contributed by atoms with Crippen LogP contribution >= 0.6 is 0 Å². The fourth-order valence-corrected chi connectivity index (χ4v) is 2.15. The first-order valence-electron chi connectivity index (χ1n) is 6.19. The van der Waals surface area contributed by atoms with Crippen molar-refractivity contribution in [3.8, 4) is 0 Å². The normalized spacial score (nSPS) is 18.6. The van der Waals surface area contributed by atoms with Gasteiger partial charge in [-0.05, 0) is 30.7 Å². The highest BCUT2D eigenvalue weighted by Crippen LogP contribution is 2.20. The number of rotatable bonds is 3. The van der Waals surface area contributed by atoms with E-state index in [0.717, 1.165) is 0 Å². The van der Waals surface area contributed by atoms with Crippen LogP contribution in [0.2, 0.25) is 0 Å². The predicted octanol–water partition coefficient (Wildman–Crippen LogP) is 2.70. The maximum Gasteiger partial charge on any atom is 0.345 e. The molecular formula is C13H15F3N2O2. The molecule has 0 aromatic heterocycles. The first-order chi connectivity index (χ1) is 9.47. The van der Waals surface area contributed by atoms with Crippen molar-refractivity contribution in [1.29, 1.82) is 0 Å². The molecule has 1 aromatic carbocycles. The maximum absolute atomic E-state index is 12.8. The zero-order valence-electron chi connectivity index (χ0n) is 10.9. The number of benzene rings is 1. The van der Waals surface area contributed by atoms with Gasteiger partial charge in [0.05, 0.1) is 6.10 Å². The molecule has 7 heteroatoms. The Balaban J connectivity index is 1.96. The van der Waals surface area contributed by atoms with Gasteiger partial charge in [-0.2, -0.15) is 8.78 Å². The summed E-state index contributed by atoms with van der Waals surface area (Å²) in [5.74, 6) is -0.388. The summed E-state index contributed by atoms with van der Waals surface area (Å²) in [6.07, 6.45) is -0.256. The third kappa shape index (κ3) is 3.41. The highest BCUT2D eigenvalue weighted by atomic mass is 19.3. The summed E-state index contributed by atoms with van der Waals surface area (Å²) < 4.78 is 41.4. The van der Waals surface area contributed by atoms with Crippen LogP contribution in [-0.2, 0) is 4.74 Å². The Kier molecular flexibility index (Phi) is 4.49. The Morgan fingerprint density at radius 3 is 2.65 bits per heavy atom. The summed E-state index contributed by atoms with van der Waals surface area (Å²) in [5.41, 5.74) is 0.537. The Morgan fingerprint density at radius 1 is 1.40 bits per heavy atom. The largest absolute Gasteiger partial charge is 0.345 e. The van der Waals surface area contributed by atoms with Gasteiger partial charge in [-0.3, -0.25) is 4.90 Å². The van der Waals surface area contributed by atoms with Gasteiger partial charge in [-0.15, -0.1) is 0 Å². The lowest BCUT2D eigenvalue weighted by atomic mass is 10.3. The first kappa shape index (κ1) is 14.6. The summed E-state index contributed by atoms with van der Waals surface area (Å²) in [5, 5.41) is 0. The van der Waals surface area contributed by atoms with Crippen molar-refractivity contribution < 1.29 is 22.7 Å². The van der Waals surface area contributed by atoms with Crippen molar-refractivity contribution in [3.63, 3.8) is 0 Å². The smallest absolute Gasteiger partial charge is 0.322 e. The molecule has 1 aliphatic rings. The van der Waals surface area contributed by atoms with Crippen molar-refractivity contribution in [1.82, 2.24) is 4.90 Å². The second-order valence-corrected chi connectivity index (χ2v) is 4.57. The second-order valence-electron chi connectivity index (χ2n) is 4.57. The van der Waals surface area contributed by atoms with Crippen LogP contribution in [0.4, 0.5) is 23.7 Å². The minimum absolute atomic E-state index is 0.134. The second kappa shape index (κ2) is 6.13. The fourth-order valence-electron chi connectivity index (χ4n) is 2.15. The number of hydrogen-bond acceptors (Lipinski definition) is 2. The minimum atomic E-state index is -2.83. The van der Waals surface area contributed by atoms with Crippen LogP contribution < -0.4 is 4.90 Å². The highest BCUT2D eigenvalue weighted by Gasteiger charge is 2.30. The average molecular weight is 288 g/mol. The van der Waals surface area contributed by atoms with Gasteiger partial charge in [0.2, 0.25) is 0 Å². The number of ether oxygens (including phenoxy) is 1. The lowest BCUT2D eigenvalue weighted by Gasteiger charge is -2.24. The standard InChI is InChI=1S/C13H15F3N2O2/c1-17(10-4-2-9(14)3-5-10)13(19)18-7-6-11(8-18)20-12(15)16/h2-5,11-12H,6-8H2,1H3/t11-/m0/s1. The molecular weight excluding hydrogens is 273 g/mol. The van der Waals surface area contributed by atoms with Gasteiger partial charge in [0.15, 0.2) is 0 Å². The monoisotopic (exact) mass is 288 g/mol. The van der Waals surface area contributed by atoms with E-state index in [1.54, 1.807) is 7.05 Å². The maximum atomic E-state index is 12.8. The number of carbonyl (C=O) groups excluding carboxylic acids is 1. The molecule has 2 amide bonds. The third-order valence-corrected chi connectivity index (χ3v) is 3.21. The van der Waals surface area contributed by atoms with Crippen molar-refractivity contribution in [2.75, 3.05) is 25.0 Å². The lowest BCUT2D eigenvalue weighted by Crippen LogP contribution is -2.40. The van der Waals surface area contributed by atoms with Crippen molar-refractivity contribution >= 4 is 11.7 Å². The van der Waals surface area contributed by atoms with E-state index in [1.807, 2.05) is 0 Å². The number of likely N-dealkylation sites (tertiary alicyclic amines) is 1. The van der Waals surface area contributed by atoms with E-state index in [1.165, 1.54) is 34.1 Å². The summed E-state index contributed by atoms with van der Waals surface area (Å²) >= 11 is 0. The third-order valence-electron chi connectivity index (χ3n) is 3.21. The van der Waals surface area contributed by atoms with Crippen molar-refractivity contribution in [2.24, 2.45) is 0 Å². The Hall–Kier alpha value is -1.76. The summed E-state index contributed by atoms with van der Waals surface area (Å²) in [6, 6.07) is 5.15. The number of urea groups is 1. The molecule has 0 saturated carbocycles. The first-order valence-corrected chi connectivity index (χ1v) is 6.19. The zero-order valence-corrected chi connectivity index (χ0v) is 10.9. The van der Waals surface area contributed by atoms with E-state index in [-0.39, 0.29) is 18.4 Å². The Bertz CT molecular complexity index is 467. The molecule has 1 atom stereocenters. The van der Waals surface area contributed by atoms with Gasteiger partial charge in [0, 0.05) is 25.8 Å². The van der Waals surface area contributed by atoms with Gasteiger partial charge in [-0.25, -0.2) is 9.18 Å². The number of hydrogen-bond donors (Lipinski definition) is 0. The molecule has 0 radical (unpaired) electrons. The number of alkyl halides is 2. The molecule has 110 valence electrons. The van der Waals surface area contributed by atoms with Crippen LogP contribution in [-0.4, -0.2) is 43.8 Å². The van der Waals surface area contributed by atoms with Crippen molar-refractivity contribution in [2.45, 2.75) is 19.1 Å². The molecule has 1 aliphatic heterocycles. The molecule has 0 aliphatic carbocycles. The van der Waals surface area contributed by atoms with Crippen LogP contribution in [0.25, 0.3) is 0 Å². The summed E-state index contributed by atoms with van der Waals surface area (Å²) in [6.45, 7) is -2.33. The highest BCUT2D eigenvalue weighted by molar-refractivity contribution is 5.91.